The van der Waals surface area contributed by atoms with Gasteiger partial charge in [0.25, 0.3) is 0 Å². The lowest BCUT2D eigenvalue weighted by Gasteiger charge is -2.19. The van der Waals surface area contributed by atoms with E-state index in [1.165, 1.54) is 0 Å². The standard InChI is InChI=1S/C10H23NO3/c1-9(2)10(8-12)11-4-5-14-7-6-13-3/h9-12H,4-8H2,1-3H3. The van der Waals surface area contributed by atoms with Crippen molar-refractivity contribution in [2.45, 2.75) is 19.9 Å². The fraction of sp³-hybridized carbons (Fsp3) is 1.00. The Kier molecular flexibility index (Phi) is 9.29. The molecule has 0 aliphatic heterocycles. The van der Waals surface area contributed by atoms with Gasteiger partial charge in [0.1, 0.15) is 0 Å². The SMILES string of the molecule is COCCOCCNC(CO)C(C)C. The van der Waals surface area contributed by atoms with Crippen LogP contribution in [0.4, 0.5) is 0 Å². The summed E-state index contributed by atoms with van der Waals surface area (Å²) in [7, 11) is 1.65. The van der Waals surface area contributed by atoms with Crippen LogP contribution in [0.5, 0.6) is 0 Å². The largest absolute Gasteiger partial charge is 0.395 e. The zero-order chi connectivity index (χ0) is 10.8. The summed E-state index contributed by atoms with van der Waals surface area (Å²) in [5.41, 5.74) is 0. The summed E-state index contributed by atoms with van der Waals surface area (Å²) in [6.45, 7) is 7.03. The number of rotatable bonds is 9. The highest BCUT2D eigenvalue weighted by atomic mass is 16.5. The molecule has 0 bridgehead atoms. The van der Waals surface area contributed by atoms with Crippen LogP contribution in [0.3, 0.4) is 0 Å². The van der Waals surface area contributed by atoms with Gasteiger partial charge >= 0.3 is 0 Å². The first-order valence-electron chi connectivity index (χ1n) is 5.13. The molecule has 0 spiro atoms. The summed E-state index contributed by atoms with van der Waals surface area (Å²) >= 11 is 0. The summed E-state index contributed by atoms with van der Waals surface area (Å²) in [5.74, 6) is 0.443. The Morgan fingerprint density at radius 1 is 1.21 bits per heavy atom. The van der Waals surface area contributed by atoms with Gasteiger partial charge in [0.2, 0.25) is 0 Å². The summed E-state index contributed by atoms with van der Waals surface area (Å²) in [4.78, 5) is 0. The second kappa shape index (κ2) is 9.40. The van der Waals surface area contributed by atoms with Gasteiger partial charge in [-0.15, -0.1) is 0 Å². The van der Waals surface area contributed by atoms with E-state index in [1.807, 2.05) is 0 Å². The van der Waals surface area contributed by atoms with Crippen LogP contribution in [0.25, 0.3) is 0 Å². The monoisotopic (exact) mass is 205 g/mol. The molecule has 0 radical (unpaired) electrons. The van der Waals surface area contributed by atoms with Gasteiger partial charge in [0.05, 0.1) is 26.4 Å². The first-order chi connectivity index (χ1) is 6.72. The molecule has 1 atom stereocenters. The zero-order valence-electron chi connectivity index (χ0n) is 9.45. The second-order valence-corrected chi connectivity index (χ2v) is 3.59. The van der Waals surface area contributed by atoms with Crippen LogP contribution in [0.2, 0.25) is 0 Å². The van der Waals surface area contributed by atoms with E-state index in [0.717, 1.165) is 6.54 Å². The first kappa shape index (κ1) is 13.8. The molecule has 2 N–H and O–H groups in total. The third-order valence-electron chi connectivity index (χ3n) is 2.09. The maximum absolute atomic E-state index is 9.01. The van der Waals surface area contributed by atoms with E-state index >= 15 is 0 Å². The van der Waals surface area contributed by atoms with Crippen LogP contribution in [0.1, 0.15) is 13.8 Å². The number of methoxy groups -OCH3 is 1. The smallest absolute Gasteiger partial charge is 0.0700 e. The van der Waals surface area contributed by atoms with Crippen molar-refractivity contribution >= 4 is 0 Å². The van der Waals surface area contributed by atoms with Crippen molar-refractivity contribution in [3.8, 4) is 0 Å². The number of ether oxygens (including phenoxy) is 2. The Hall–Kier alpha value is -0.160. The summed E-state index contributed by atoms with van der Waals surface area (Å²) in [6.07, 6.45) is 0. The molecule has 0 saturated carbocycles. The second-order valence-electron chi connectivity index (χ2n) is 3.59. The molecule has 0 amide bonds. The Labute approximate surface area is 86.6 Å². The fourth-order valence-corrected chi connectivity index (χ4v) is 1.07. The van der Waals surface area contributed by atoms with Gasteiger partial charge in [-0.3, -0.25) is 0 Å². The van der Waals surface area contributed by atoms with Crippen LogP contribution in [0.15, 0.2) is 0 Å². The van der Waals surface area contributed by atoms with Crippen LogP contribution >= 0.6 is 0 Å². The van der Waals surface area contributed by atoms with Crippen molar-refractivity contribution in [2.75, 3.05) is 40.1 Å². The van der Waals surface area contributed by atoms with Crippen LogP contribution < -0.4 is 5.32 Å². The van der Waals surface area contributed by atoms with Crippen LogP contribution in [0, 0.1) is 5.92 Å². The van der Waals surface area contributed by atoms with E-state index < -0.39 is 0 Å². The lowest BCUT2D eigenvalue weighted by molar-refractivity contribution is 0.0690. The van der Waals surface area contributed by atoms with E-state index in [2.05, 4.69) is 19.2 Å². The zero-order valence-corrected chi connectivity index (χ0v) is 9.45. The summed E-state index contributed by atoms with van der Waals surface area (Å²) < 4.78 is 10.1. The molecule has 14 heavy (non-hydrogen) atoms. The van der Waals surface area contributed by atoms with E-state index in [4.69, 9.17) is 14.6 Å². The van der Waals surface area contributed by atoms with E-state index in [0.29, 0.717) is 25.7 Å². The molecule has 0 aromatic carbocycles. The van der Waals surface area contributed by atoms with Crippen molar-refractivity contribution in [1.29, 1.82) is 0 Å². The molecule has 4 nitrogen and oxygen atoms in total. The van der Waals surface area contributed by atoms with Gasteiger partial charge in [-0.2, -0.15) is 0 Å². The van der Waals surface area contributed by atoms with Gasteiger partial charge in [0, 0.05) is 19.7 Å². The predicted molar refractivity (Wildman–Crippen MR) is 56.4 cm³/mol. The van der Waals surface area contributed by atoms with Crippen molar-refractivity contribution in [3.05, 3.63) is 0 Å². The number of hydrogen-bond acceptors (Lipinski definition) is 4. The quantitative estimate of drug-likeness (QED) is 0.530. The number of aliphatic hydroxyl groups is 1. The fourth-order valence-electron chi connectivity index (χ4n) is 1.07. The molecule has 0 aromatic heterocycles. The Morgan fingerprint density at radius 3 is 2.43 bits per heavy atom. The normalized spacial score (nSPS) is 13.5. The highest BCUT2D eigenvalue weighted by Crippen LogP contribution is 1.99. The number of hydrogen-bond donors (Lipinski definition) is 2. The first-order valence-corrected chi connectivity index (χ1v) is 5.13. The lowest BCUT2D eigenvalue weighted by Crippen LogP contribution is -2.39. The topological polar surface area (TPSA) is 50.7 Å². The Morgan fingerprint density at radius 2 is 1.93 bits per heavy atom. The van der Waals surface area contributed by atoms with E-state index in [9.17, 15) is 0 Å². The third-order valence-corrected chi connectivity index (χ3v) is 2.09. The average Bonchev–Trinajstić information content (AvgIpc) is 2.16. The van der Waals surface area contributed by atoms with Gasteiger partial charge < -0.3 is 19.9 Å². The number of aliphatic hydroxyl groups excluding tert-OH is 1. The molecule has 1 unspecified atom stereocenters. The molecule has 0 aromatic rings. The molecule has 86 valence electrons. The molecular weight excluding hydrogens is 182 g/mol. The van der Waals surface area contributed by atoms with Crippen molar-refractivity contribution in [2.24, 2.45) is 5.92 Å². The molecule has 0 aliphatic rings. The lowest BCUT2D eigenvalue weighted by atomic mass is 10.1. The minimum Gasteiger partial charge on any atom is -0.395 e. The predicted octanol–water partition coefficient (Wildman–Crippen LogP) is 0.256. The molecule has 4 heteroatoms. The number of nitrogens with one attached hydrogen (secondary N) is 1. The highest BCUT2D eigenvalue weighted by Gasteiger charge is 2.09. The third kappa shape index (κ3) is 7.26. The van der Waals surface area contributed by atoms with Crippen LogP contribution in [-0.2, 0) is 9.47 Å². The van der Waals surface area contributed by atoms with Crippen LogP contribution in [-0.4, -0.2) is 51.2 Å². The van der Waals surface area contributed by atoms with E-state index in [-0.39, 0.29) is 12.6 Å². The van der Waals surface area contributed by atoms with Gasteiger partial charge in [0.15, 0.2) is 0 Å². The van der Waals surface area contributed by atoms with Gasteiger partial charge in [-0.05, 0) is 5.92 Å². The molecule has 0 saturated heterocycles. The Balaban J connectivity index is 3.25. The van der Waals surface area contributed by atoms with Gasteiger partial charge in [-0.1, -0.05) is 13.8 Å². The van der Waals surface area contributed by atoms with Crippen molar-refractivity contribution in [3.63, 3.8) is 0 Å². The van der Waals surface area contributed by atoms with Crippen molar-refractivity contribution < 1.29 is 14.6 Å². The average molecular weight is 205 g/mol. The highest BCUT2D eigenvalue weighted by molar-refractivity contribution is 4.68. The minimum atomic E-state index is 0.168. The maximum Gasteiger partial charge on any atom is 0.0700 e. The van der Waals surface area contributed by atoms with E-state index in [1.54, 1.807) is 7.11 Å². The molecule has 0 rings (SSSR count). The summed E-state index contributed by atoms with van der Waals surface area (Å²) in [5, 5.41) is 12.2. The minimum absolute atomic E-state index is 0.168. The molecule has 0 aliphatic carbocycles. The molecule has 0 heterocycles. The molecular formula is C10H23NO3. The Bertz CT molecular complexity index is 120. The van der Waals surface area contributed by atoms with Gasteiger partial charge in [-0.25, -0.2) is 0 Å². The maximum atomic E-state index is 9.01. The van der Waals surface area contributed by atoms with Crippen molar-refractivity contribution in [1.82, 2.24) is 5.32 Å². The summed E-state index contributed by atoms with van der Waals surface area (Å²) in [6, 6.07) is 0.168. The molecule has 0 fully saturated rings.